The Kier molecular flexibility index (Phi) is 5.44. The van der Waals surface area contributed by atoms with Gasteiger partial charge in [0.2, 0.25) is 0 Å². The van der Waals surface area contributed by atoms with E-state index in [0.717, 1.165) is 37.3 Å². The lowest BCUT2D eigenvalue weighted by molar-refractivity contribution is 0.0916. The SMILES string of the molecule is C=C(C)Nc1ccc(C(=O)NC2CCN(C)CC2)cc1OC. The topological polar surface area (TPSA) is 53.6 Å². The summed E-state index contributed by atoms with van der Waals surface area (Å²) in [6.07, 6.45) is 1.99. The maximum atomic E-state index is 12.4. The Morgan fingerprint density at radius 1 is 1.36 bits per heavy atom. The quantitative estimate of drug-likeness (QED) is 0.877. The van der Waals surface area contributed by atoms with Crippen LogP contribution in [0.5, 0.6) is 5.75 Å². The summed E-state index contributed by atoms with van der Waals surface area (Å²) in [5, 5.41) is 6.23. The standard InChI is InChI=1S/C17H25N3O2/c1-12(2)18-15-6-5-13(11-16(15)22-4)17(21)19-14-7-9-20(3)10-8-14/h5-6,11,14,18H,1,7-10H2,2-4H3,(H,19,21). The lowest BCUT2D eigenvalue weighted by atomic mass is 10.0. The third-order valence-electron chi connectivity index (χ3n) is 3.87. The number of nitrogens with zero attached hydrogens (tertiary/aromatic N) is 1. The smallest absolute Gasteiger partial charge is 0.251 e. The van der Waals surface area contributed by atoms with Gasteiger partial charge in [-0.15, -0.1) is 0 Å². The fourth-order valence-corrected chi connectivity index (χ4v) is 2.59. The van der Waals surface area contributed by atoms with Crippen LogP contribution in [0.3, 0.4) is 0 Å². The third kappa shape index (κ3) is 4.24. The molecule has 1 aromatic rings. The van der Waals surface area contributed by atoms with Crippen LogP contribution in [-0.2, 0) is 0 Å². The molecular formula is C17H25N3O2. The van der Waals surface area contributed by atoms with Crippen LogP contribution in [0.1, 0.15) is 30.1 Å². The first kappa shape index (κ1) is 16.4. The van der Waals surface area contributed by atoms with Gasteiger partial charge in [-0.2, -0.15) is 0 Å². The van der Waals surface area contributed by atoms with Crippen molar-refractivity contribution >= 4 is 11.6 Å². The molecule has 0 radical (unpaired) electrons. The number of hydrogen-bond donors (Lipinski definition) is 2. The first-order valence-corrected chi connectivity index (χ1v) is 7.59. The number of piperidine rings is 1. The van der Waals surface area contributed by atoms with E-state index < -0.39 is 0 Å². The fraction of sp³-hybridized carbons (Fsp3) is 0.471. The number of rotatable bonds is 5. The Morgan fingerprint density at radius 3 is 2.64 bits per heavy atom. The molecule has 0 spiro atoms. The predicted molar refractivity (Wildman–Crippen MR) is 89.4 cm³/mol. The minimum atomic E-state index is -0.0465. The molecule has 2 rings (SSSR count). The van der Waals surface area contributed by atoms with Crippen LogP contribution < -0.4 is 15.4 Å². The summed E-state index contributed by atoms with van der Waals surface area (Å²) in [7, 11) is 3.70. The van der Waals surface area contributed by atoms with Gasteiger partial charge in [0.25, 0.3) is 5.91 Å². The molecule has 22 heavy (non-hydrogen) atoms. The zero-order chi connectivity index (χ0) is 16.1. The number of hydrogen-bond acceptors (Lipinski definition) is 4. The van der Waals surface area contributed by atoms with Gasteiger partial charge in [0.1, 0.15) is 5.75 Å². The number of allylic oxidation sites excluding steroid dienone is 1. The van der Waals surface area contributed by atoms with Crippen LogP contribution in [0.2, 0.25) is 0 Å². The largest absolute Gasteiger partial charge is 0.495 e. The Morgan fingerprint density at radius 2 is 2.05 bits per heavy atom. The fourth-order valence-electron chi connectivity index (χ4n) is 2.59. The molecule has 0 aromatic heterocycles. The number of nitrogens with one attached hydrogen (secondary N) is 2. The first-order valence-electron chi connectivity index (χ1n) is 7.59. The van der Waals surface area contributed by atoms with Crippen LogP contribution in [0.25, 0.3) is 0 Å². The van der Waals surface area contributed by atoms with E-state index in [2.05, 4.69) is 29.2 Å². The van der Waals surface area contributed by atoms with E-state index in [1.807, 2.05) is 13.0 Å². The highest BCUT2D eigenvalue weighted by atomic mass is 16.5. The molecule has 0 atom stereocenters. The lowest BCUT2D eigenvalue weighted by Crippen LogP contribution is -2.43. The van der Waals surface area contributed by atoms with Crippen molar-refractivity contribution in [2.45, 2.75) is 25.8 Å². The molecule has 1 aliphatic rings. The summed E-state index contributed by atoms with van der Waals surface area (Å²) in [6.45, 7) is 7.74. The molecule has 5 heteroatoms. The molecule has 1 amide bonds. The van der Waals surface area contributed by atoms with E-state index in [-0.39, 0.29) is 11.9 Å². The molecule has 1 aromatic carbocycles. The first-order chi connectivity index (χ1) is 10.5. The number of benzene rings is 1. The van der Waals surface area contributed by atoms with Crippen LogP contribution >= 0.6 is 0 Å². The number of methoxy groups -OCH3 is 1. The molecule has 1 heterocycles. The average molecular weight is 303 g/mol. The number of amides is 1. The molecule has 5 nitrogen and oxygen atoms in total. The summed E-state index contributed by atoms with van der Waals surface area (Å²) in [5.74, 6) is 0.591. The number of carbonyl (C=O) groups is 1. The maximum absolute atomic E-state index is 12.4. The van der Waals surface area contributed by atoms with E-state index in [9.17, 15) is 4.79 Å². The van der Waals surface area contributed by atoms with Gasteiger partial charge in [-0.25, -0.2) is 0 Å². The third-order valence-corrected chi connectivity index (χ3v) is 3.87. The van der Waals surface area contributed by atoms with Gasteiger partial charge in [0.05, 0.1) is 12.8 Å². The van der Waals surface area contributed by atoms with Crippen molar-refractivity contribution in [3.05, 3.63) is 36.0 Å². The Bertz CT molecular complexity index is 549. The van der Waals surface area contributed by atoms with Crippen molar-refractivity contribution in [2.75, 3.05) is 32.6 Å². The van der Waals surface area contributed by atoms with Crippen molar-refractivity contribution < 1.29 is 9.53 Å². The van der Waals surface area contributed by atoms with E-state index in [0.29, 0.717) is 11.3 Å². The minimum absolute atomic E-state index is 0.0465. The summed E-state index contributed by atoms with van der Waals surface area (Å²) in [6, 6.07) is 5.66. The molecule has 1 fully saturated rings. The number of anilines is 1. The monoisotopic (exact) mass is 303 g/mol. The summed E-state index contributed by atoms with van der Waals surface area (Å²) in [4.78, 5) is 14.7. The molecule has 1 saturated heterocycles. The van der Waals surface area contributed by atoms with Crippen molar-refractivity contribution in [1.29, 1.82) is 0 Å². The molecule has 0 unspecified atom stereocenters. The van der Waals surface area contributed by atoms with Crippen molar-refractivity contribution in [3.8, 4) is 5.75 Å². The minimum Gasteiger partial charge on any atom is -0.495 e. The highest BCUT2D eigenvalue weighted by molar-refractivity contribution is 5.95. The molecule has 2 N–H and O–H groups in total. The lowest BCUT2D eigenvalue weighted by Gasteiger charge is -2.29. The zero-order valence-electron chi connectivity index (χ0n) is 13.6. The Hall–Kier alpha value is -2.01. The number of likely N-dealkylation sites (tertiary alicyclic amines) is 1. The van der Waals surface area contributed by atoms with Gasteiger partial charge in [0, 0.05) is 17.3 Å². The molecule has 120 valence electrons. The number of carbonyl (C=O) groups excluding carboxylic acids is 1. The molecule has 1 aliphatic heterocycles. The van der Waals surface area contributed by atoms with Crippen molar-refractivity contribution in [1.82, 2.24) is 10.2 Å². The van der Waals surface area contributed by atoms with Gasteiger partial charge >= 0.3 is 0 Å². The Labute approximate surface area is 132 Å². The molecule has 0 bridgehead atoms. The second-order valence-corrected chi connectivity index (χ2v) is 5.87. The highest BCUT2D eigenvalue weighted by Gasteiger charge is 2.19. The van der Waals surface area contributed by atoms with Crippen LogP contribution in [0, 0.1) is 0 Å². The van der Waals surface area contributed by atoms with Crippen LogP contribution in [0.15, 0.2) is 30.5 Å². The summed E-state index contributed by atoms with van der Waals surface area (Å²) >= 11 is 0. The van der Waals surface area contributed by atoms with E-state index in [4.69, 9.17) is 4.74 Å². The highest BCUT2D eigenvalue weighted by Crippen LogP contribution is 2.26. The van der Waals surface area contributed by atoms with Gasteiger partial charge < -0.3 is 20.3 Å². The van der Waals surface area contributed by atoms with Crippen LogP contribution in [-0.4, -0.2) is 44.1 Å². The van der Waals surface area contributed by atoms with Crippen molar-refractivity contribution in [2.24, 2.45) is 0 Å². The normalized spacial score (nSPS) is 16.1. The van der Waals surface area contributed by atoms with Gasteiger partial charge in [-0.3, -0.25) is 4.79 Å². The summed E-state index contributed by atoms with van der Waals surface area (Å²) < 4.78 is 5.35. The molecule has 0 aliphatic carbocycles. The van der Waals surface area contributed by atoms with Gasteiger partial charge in [0.15, 0.2) is 0 Å². The van der Waals surface area contributed by atoms with Crippen LogP contribution in [0.4, 0.5) is 5.69 Å². The van der Waals surface area contributed by atoms with Crippen molar-refractivity contribution in [3.63, 3.8) is 0 Å². The average Bonchev–Trinajstić information content (AvgIpc) is 2.49. The van der Waals surface area contributed by atoms with Gasteiger partial charge in [-0.05, 0) is 58.1 Å². The maximum Gasteiger partial charge on any atom is 0.251 e. The second kappa shape index (κ2) is 7.31. The summed E-state index contributed by atoms with van der Waals surface area (Å²) in [5.41, 5.74) is 2.25. The van der Waals surface area contributed by atoms with E-state index in [1.165, 1.54) is 0 Å². The zero-order valence-corrected chi connectivity index (χ0v) is 13.6. The number of ether oxygens (including phenoxy) is 1. The molecule has 0 saturated carbocycles. The van der Waals surface area contributed by atoms with E-state index in [1.54, 1.807) is 19.2 Å². The predicted octanol–water partition coefficient (Wildman–Crippen LogP) is 2.46. The molecular weight excluding hydrogens is 278 g/mol. The van der Waals surface area contributed by atoms with Gasteiger partial charge in [-0.1, -0.05) is 6.58 Å². The van der Waals surface area contributed by atoms with E-state index >= 15 is 0 Å². The Balaban J connectivity index is 2.04. The second-order valence-electron chi connectivity index (χ2n) is 5.87.